The second kappa shape index (κ2) is 5.98. The molecule has 23 heavy (non-hydrogen) atoms. The van der Waals surface area contributed by atoms with Gasteiger partial charge in [0.05, 0.1) is 24.4 Å². The first-order valence-corrected chi connectivity index (χ1v) is 8.73. The fraction of sp³-hybridized carbons (Fsp3) is 0.500. The lowest BCUT2D eigenvalue weighted by Crippen LogP contribution is -2.51. The average molecular weight is 330 g/mol. The predicted octanol–water partition coefficient (Wildman–Crippen LogP) is 2.30. The number of aromatic nitrogens is 3. The van der Waals surface area contributed by atoms with Gasteiger partial charge in [-0.2, -0.15) is 0 Å². The van der Waals surface area contributed by atoms with E-state index in [2.05, 4.69) is 15.0 Å². The van der Waals surface area contributed by atoms with E-state index in [-0.39, 0.29) is 18.1 Å². The highest BCUT2D eigenvalue weighted by Crippen LogP contribution is 2.33. The first-order valence-electron chi connectivity index (χ1n) is 7.91. The standard InChI is InChI=1S/C16H18N4O2S/c1-10-13(23-15(19-10)14-17-6-3-7-18-14)16(21)20-8-9-22-12-5-2-4-11(12)20/h3,6-7,11-12H,2,4-5,8-9H2,1H3. The number of carbonyl (C=O) groups is 1. The summed E-state index contributed by atoms with van der Waals surface area (Å²) in [4.78, 5) is 28.6. The van der Waals surface area contributed by atoms with Gasteiger partial charge < -0.3 is 9.64 Å². The van der Waals surface area contributed by atoms with Gasteiger partial charge in [-0.25, -0.2) is 15.0 Å². The number of hydrogen-bond acceptors (Lipinski definition) is 6. The number of carbonyl (C=O) groups excluding carboxylic acids is 1. The molecule has 7 heteroatoms. The Bertz CT molecular complexity index is 718. The van der Waals surface area contributed by atoms with Crippen molar-refractivity contribution in [2.75, 3.05) is 13.2 Å². The monoisotopic (exact) mass is 330 g/mol. The van der Waals surface area contributed by atoms with Crippen molar-refractivity contribution in [2.45, 2.75) is 38.3 Å². The zero-order chi connectivity index (χ0) is 15.8. The van der Waals surface area contributed by atoms with Crippen molar-refractivity contribution in [1.29, 1.82) is 0 Å². The van der Waals surface area contributed by atoms with Gasteiger partial charge in [-0.15, -0.1) is 11.3 Å². The molecule has 0 aromatic carbocycles. The fourth-order valence-electron chi connectivity index (χ4n) is 3.41. The molecule has 0 bridgehead atoms. The van der Waals surface area contributed by atoms with E-state index in [1.54, 1.807) is 18.5 Å². The molecular formula is C16H18N4O2S. The topological polar surface area (TPSA) is 68.2 Å². The molecule has 120 valence electrons. The van der Waals surface area contributed by atoms with Gasteiger partial charge in [0.25, 0.3) is 5.91 Å². The molecule has 0 radical (unpaired) electrons. The average Bonchev–Trinajstić information content (AvgIpc) is 3.21. The smallest absolute Gasteiger partial charge is 0.266 e. The summed E-state index contributed by atoms with van der Waals surface area (Å²) in [6, 6.07) is 1.98. The van der Waals surface area contributed by atoms with Crippen LogP contribution in [0.4, 0.5) is 0 Å². The summed E-state index contributed by atoms with van der Waals surface area (Å²) in [6.45, 7) is 3.16. The van der Waals surface area contributed by atoms with E-state index in [4.69, 9.17) is 4.74 Å². The number of aryl methyl sites for hydroxylation is 1. The first-order chi connectivity index (χ1) is 11.2. The maximum absolute atomic E-state index is 13.0. The third kappa shape index (κ3) is 2.64. The molecule has 2 fully saturated rings. The Kier molecular flexibility index (Phi) is 3.82. The van der Waals surface area contributed by atoms with Gasteiger partial charge in [-0.1, -0.05) is 0 Å². The Hall–Kier alpha value is -1.86. The molecule has 2 unspecified atom stereocenters. The van der Waals surface area contributed by atoms with Crippen molar-refractivity contribution in [3.05, 3.63) is 29.0 Å². The van der Waals surface area contributed by atoms with Crippen LogP contribution in [0.1, 0.15) is 34.6 Å². The zero-order valence-corrected chi connectivity index (χ0v) is 13.8. The van der Waals surface area contributed by atoms with Gasteiger partial charge in [0.15, 0.2) is 10.8 Å². The number of ether oxygens (including phenoxy) is 1. The number of amides is 1. The number of morpholine rings is 1. The second-order valence-electron chi connectivity index (χ2n) is 5.91. The molecule has 1 aliphatic heterocycles. The van der Waals surface area contributed by atoms with Crippen molar-refractivity contribution < 1.29 is 9.53 Å². The van der Waals surface area contributed by atoms with Crippen LogP contribution < -0.4 is 0 Å². The molecule has 6 nitrogen and oxygen atoms in total. The van der Waals surface area contributed by atoms with E-state index in [0.717, 1.165) is 25.0 Å². The van der Waals surface area contributed by atoms with Crippen molar-refractivity contribution >= 4 is 17.2 Å². The molecule has 1 aliphatic carbocycles. The number of hydrogen-bond donors (Lipinski definition) is 0. The van der Waals surface area contributed by atoms with E-state index in [1.807, 2.05) is 11.8 Å². The first kappa shape index (κ1) is 14.7. The van der Waals surface area contributed by atoms with Gasteiger partial charge in [0.2, 0.25) is 0 Å². The highest BCUT2D eigenvalue weighted by atomic mass is 32.1. The summed E-state index contributed by atoms with van der Waals surface area (Å²) in [7, 11) is 0. The van der Waals surface area contributed by atoms with Gasteiger partial charge in [0.1, 0.15) is 4.88 Å². The number of rotatable bonds is 2. The quantitative estimate of drug-likeness (QED) is 0.845. The third-order valence-electron chi connectivity index (χ3n) is 4.49. The van der Waals surface area contributed by atoms with E-state index in [0.29, 0.717) is 28.9 Å². The van der Waals surface area contributed by atoms with E-state index < -0.39 is 0 Å². The third-order valence-corrected chi connectivity index (χ3v) is 5.63. The Morgan fingerprint density at radius 3 is 3.00 bits per heavy atom. The fourth-order valence-corrected chi connectivity index (χ4v) is 4.38. The Labute approximate surface area is 138 Å². The summed E-state index contributed by atoms with van der Waals surface area (Å²) >= 11 is 1.38. The highest BCUT2D eigenvalue weighted by Gasteiger charge is 2.39. The maximum Gasteiger partial charge on any atom is 0.266 e. The molecule has 3 heterocycles. The van der Waals surface area contributed by atoms with Crippen LogP contribution in [0, 0.1) is 6.92 Å². The lowest BCUT2D eigenvalue weighted by Gasteiger charge is -2.37. The second-order valence-corrected chi connectivity index (χ2v) is 6.91. The summed E-state index contributed by atoms with van der Waals surface area (Å²) in [6.07, 6.45) is 6.79. The molecule has 1 saturated carbocycles. The largest absolute Gasteiger partial charge is 0.374 e. The molecule has 0 spiro atoms. The van der Waals surface area contributed by atoms with E-state index in [1.165, 1.54) is 11.3 Å². The molecular weight excluding hydrogens is 312 g/mol. The summed E-state index contributed by atoms with van der Waals surface area (Å²) < 4.78 is 5.80. The lowest BCUT2D eigenvalue weighted by molar-refractivity contribution is -0.0444. The molecule has 2 aromatic rings. The molecule has 0 N–H and O–H groups in total. The Morgan fingerprint density at radius 2 is 2.17 bits per heavy atom. The van der Waals surface area contributed by atoms with Crippen molar-refractivity contribution in [2.24, 2.45) is 0 Å². The van der Waals surface area contributed by atoms with Gasteiger partial charge in [0, 0.05) is 18.9 Å². The number of fused-ring (bicyclic) bond motifs is 1. The number of thiazole rings is 1. The van der Waals surface area contributed by atoms with Crippen LogP contribution in [0.25, 0.3) is 10.8 Å². The van der Waals surface area contributed by atoms with Crippen LogP contribution in [-0.2, 0) is 4.74 Å². The van der Waals surface area contributed by atoms with E-state index >= 15 is 0 Å². The normalized spacial score (nSPS) is 23.8. The van der Waals surface area contributed by atoms with Gasteiger partial charge in [-0.3, -0.25) is 4.79 Å². The molecule has 2 atom stereocenters. The Balaban J connectivity index is 1.62. The van der Waals surface area contributed by atoms with Crippen LogP contribution in [0.5, 0.6) is 0 Å². The summed E-state index contributed by atoms with van der Waals surface area (Å²) in [5.41, 5.74) is 0.753. The summed E-state index contributed by atoms with van der Waals surface area (Å²) in [5.74, 6) is 0.641. The van der Waals surface area contributed by atoms with Crippen LogP contribution in [0.15, 0.2) is 18.5 Å². The molecule has 2 aliphatic rings. The predicted molar refractivity (Wildman–Crippen MR) is 86.3 cm³/mol. The zero-order valence-electron chi connectivity index (χ0n) is 12.9. The molecule has 1 saturated heterocycles. The minimum atomic E-state index is 0.0716. The van der Waals surface area contributed by atoms with Crippen molar-refractivity contribution in [3.63, 3.8) is 0 Å². The Morgan fingerprint density at radius 1 is 1.35 bits per heavy atom. The molecule has 4 rings (SSSR count). The summed E-state index contributed by atoms with van der Waals surface area (Å²) in [5, 5.41) is 0.697. The van der Waals surface area contributed by atoms with E-state index in [9.17, 15) is 4.79 Å². The molecule has 2 aromatic heterocycles. The SMILES string of the molecule is Cc1nc(-c2ncccn2)sc1C(=O)N1CCOC2CCCC21. The van der Waals surface area contributed by atoms with Crippen molar-refractivity contribution in [1.82, 2.24) is 19.9 Å². The number of nitrogens with zero attached hydrogens (tertiary/aromatic N) is 4. The minimum absolute atomic E-state index is 0.0716. The van der Waals surface area contributed by atoms with Crippen LogP contribution in [0.2, 0.25) is 0 Å². The van der Waals surface area contributed by atoms with Crippen molar-refractivity contribution in [3.8, 4) is 10.8 Å². The van der Waals surface area contributed by atoms with Gasteiger partial charge >= 0.3 is 0 Å². The van der Waals surface area contributed by atoms with Crippen LogP contribution in [0.3, 0.4) is 0 Å². The van der Waals surface area contributed by atoms with Crippen LogP contribution >= 0.6 is 11.3 Å². The van der Waals surface area contributed by atoms with Crippen LogP contribution in [-0.4, -0.2) is 51.1 Å². The minimum Gasteiger partial charge on any atom is -0.374 e. The highest BCUT2D eigenvalue weighted by molar-refractivity contribution is 7.17. The van der Waals surface area contributed by atoms with Gasteiger partial charge in [-0.05, 0) is 32.3 Å². The molecule has 1 amide bonds. The maximum atomic E-state index is 13.0. The lowest BCUT2D eigenvalue weighted by atomic mass is 10.1.